The number of anilines is 2. The Balaban J connectivity index is 2.25. The maximum Gasteiger partial charge on any atom is 0.184 e. The molecule has 0 radical (unpaired) electrons. The Morgan fingerprint density at radius 2 is 2.24 bits per heavy atom. The summed E-state index contributed by atoms with van der Waals surface area (Å²) in [6.45, 7) is 4.26. The van der Waals surface area contributed by atoms with Crippen molar-refractivity contribution in [3.63, 3.8) is 0 Å². The van der Waals surface area contributed by atoms with E-state index in [1.165, 1.54) is 0 Å². The molecule has 0 aliphatic carbocycles. The van der Waals surface area contributed by atoms with E-state index in [0.29, 0.717) is 6.42 Å². The molecule has 2 aromatic rings. The number of hydrogen-bond acceptors (Lipinski definition) is 5. The summed E-state index contributed by atoms with van der Waals surface area (Å²) in [7, 11) is 0. The lowest BCUT2D eigenvalue weighted by Gasteiger charge is -2.24. The molecule has 0 spiro atoms. The summed E-state index contributed by atoms with van der Waals surface area (Å²) in [5.41, 5.74) is 7.28. The molecule has 0 atom stereocenters. The first-order chi connectivity index (χ1) is 8.00. The molecular formula is C12H17N3OS. The Bertz CT molecular complexity index is 521. The van der Waals surface area contributed by atoms with Crippen LogP contribution in [0.2, 0.25) is 0 Å². The van der Waals surface area contributed by atoms with Crippen molar-refractivity contribution in [3.8, 4) is 0 Å². The van der Waals surface area contributed by atoms with Crippen molar-refractivity contribution in [1.82, 2.24) is 4.98 Å². The summed E-state index contributed by atoms with van der Waals surface area (Å²) in [5, 5.41) is 13.2. The van der Waals surface area contributed by atoms with Gasteiger partial charge in [-0.2, -0.15) is 0 Å². The molecule has 0 bridgehead atoms. The number of nitrogens with one attached hydrogen (secondary N) is 1. The molecule has 0 fully saturated rings. The topological polar surface area (TPSA) is 71.2 Å². The first kappa shape index (κ1) is 12.1. The van der Waals surface area contributed by atoms with Crippen molar-refractivity contribution in [2.75, 3.05) is 17.7 Å². The van der Waals surface area contributed by atoms with Gasteiger partial charge in [0.25, 0.3) is 0 Å². The monoisotopic (exact) mass is 251 g/mol. The normalized spacial score (nSPS) is 11.9. The van der Waals surface area contributed by atoms with Gasteiger partial charge in [0.15, 0.2) is 5.13 Å². The van der Waals surface area contributed by atoms with Crippen LogP contribution in [-0.4, -0.2) is 22.2 Å². The minimum absolute atomic E-state index is 0.159. The van der Waals surface area contributed by atoms with E-state index in [9.17, 15) is 0 Å². The van der Waals surface area contributed by atoms with Crippen molar-refractivity contribution in [2.45, 2.75) is 25.8 Å². The number of aliphatic hydroxyl groups excluding tert-OH is 1. The van der Waals surface area contributed by atoms with E-state index < -0.39 is 0 Å². The second kappa shape index (κ2) is 4.50. The highest BCUT2D eigenvalue weighted by Crippen LogP contribution is 2.29. The molecule has 1 aromatic heterocycles. The Kier molecular flexibility index (Phi) is 3.22. The third kappa shape index (κ3) is 2.87. The minimum Gasteiger partial charge on any atom is -0.399 e. The number of nitrogens with zero attached hydrogens (tertiary/aromatic N) is 1. The average Bonchev–Trinajstić information content (AvgIpc) is 2.57. The van der Waals surface area contributed by atoms with E-state index in [4.69, 9.17) is 10.8 Å². The Hall–Kier alpha value is -1.33. The number of benzene rings is 1. The minimum atomic E-state index is -0.159. The predicted molar refractivity (Wildman–Crippen MR) is 73.4 cm³/mol. The molecular weight excluding hydrogens is 234 g/mol. The van der Waals surface area contributed by atoms with Crippen LogP contribution in [-0.2, 0) is 0 Å². The van der Waals surface area contributed by atoms with Gasteiger partial charge in [-0.3, -0.25) is 0 Å². The number of nitrogen functional groups attached to an aromatic ring is 1. The number of rotatable bonds is 4. The van der Waals surface area contributed by atoms with Crippen LogP contribution in [0, 0.1) is 0 Å². The number of aliphatic hydroxyl groups is 1. The predicted octanol–water partition coefficient (Wildman–Crippen LogP) is 2.45. The Labute approximate surface area is 104 Å². The number of nitrogens with two attached hydrogens (primary N) is 1. The van der Waals surface area contributed by atoms with Crippen LogP contribution in [0.4, 0.5) is 10.8 Å². The molecule has 2 rings (SSSR count). The molecule has 0 unspecified atom stereocenters. The third-order valence-corrected chi connectivity index (χ3v) is 3.53. The number of hydrogen-bond donors (Lipinski definition) is 3. The molecule has 1 aromatic carbocycles. The molecule has 1 heterocycles. The molecule has 5 heteroatoms. The number of thiazole rings is 1. The molecule has 4 N–H and O–H groups in total. The van der Waals surface area contributed by atoms with Gasteiger partial charge in [-0.05, 0) is 38.5 Å². The van der Waals surface area contributed by atoms with Gasteiger partial charge in [0.1, 0.15) is 0 Å². The van der Waals surface area contributed by atoms with Gasteiger partial charge in [0.2, 0.25) is 0 Å². The van der Waals surface area contributed by atoms with Crippen molar-refractivity contribution in [1.29, 1.82) is 0 Å². The number of fused-ring (bicyclic) bond motifs is 1. The Morgan fingerprint density at radius 1 is 1.47 bits per heavy atom. The molecule has 0 saturated heterocycles. The lowest BCUT2D eigenvalue weighted by atomic mass is 10.0. The zero-order valence-electron chi connectivity index (χ0n) is 10.0. The molecule has 0 saturated carbocycles. The maximum atomic E-state index is 8.98. The summed E-state index contributed by atoms with van der Waals surface area (Å²) in [6, 6.07) is 5.70. The molecule has 92 valence electrons. The van der Waals surface area contributed by atoms with Gasteiger partial charge < -0.3 is 16.2 Å². The molecule has 4 nitrogen and oxygen atoms in total. The van der Waals surface area contributed by atoms with E-state index in [-0.39, 0.29) is 12.1 Å². The summed E-state index contributed by atoms with van der Waals surface area (Å²) < 4.78 is 1.08. The first-order valence-electron chi connectivity index (χ1n) is 5.55. The van der Waals surface area contributed by atoms with Gasteiger partial charge in [-0.15, -0.1) is 0 Å². The molecule has 0 aliphatic heterocycles. The fraction of sp³-hybridized carbons (Fsp3) is 0.417. The van der Waals surface area contributed by atoms with Crippen molar-refractivity contribution in [3.05, 3.63) is 18.2 Å². The van der Waals surface area contributed by atoms with Crippen LogP contribution in [0.1, 0.15) is 20.3 Å². The average molecular weight is 251 g/mol. The van der Waals surface area contributed by atoms with Crippen molar-refractivity contribution >= 4 is 32.4 Å². The van der Waals surface area contributed by atoms with Gasteiger partial charge in [0, 0.05) is 17.8 Å². The van der Waals surface area contributed by atoms with Gasteiger partial charge in [-0.25, -0.2) is 4.98 Å². The van der Waals surface area contributed by atoms with E-state index in [0.717, 1.165) is 21.0 Å². The van der Waals surface area contributed by atoms with Crippen molar-refractivity contribution < 1.29 is 5.11 Å². The van der Waals surface area contributed by atoms with Crippen LogP contribution < -0.4 is 11.1 Å². The highest BCUT2D eigenvalue weighted by Gasteiger charge is 2.18. The van der Waals surface area contributed by atoms with Crippen LogP contribution >= 0.6 is 11.3 Å². The lowest BCUT2D eigenvalue weighted by Crippen LogP contribution is -2.31. The summed E-state index contributed by atoms with van der Waals surface area (Å²) in [4.78, 5) is 4.49. The molecule has 17 heavy (non-hydrogen) atoms. The van der Waals surface area contributed by atoms with Crippen LogP contribution in [0.15, 0.2) is 18.2 Å². The fourth-order valence-electron chi connectivity index (χ4n) is 1.63. The zero-order valence-corrected chi connectivity index (χ0v) is 10.8. The van der Waals surface area contributed by atoms with Crippen molar-refractivity contribution in [2.24, 2.45) is 0 Å². The standard InChI is InChI=1S/C12H17N3OS/c1-12(2,5-6-16)15-11-14-9-4-3-8(13)7-10(9)17-11/h3-4,7,16H,5-6,13H2,1-2H3,(H,14,15). The Morgan fingerprint density at radius 3 is 2.94 bits per heavy atom. The largest absolute Gasteiger partial charge is 0.399 e. The highest BCUT2D eigenvalue weighted by atomic mass is 32.1. The van der Waals surface area contributed by atoms with E-state index in [2.05, 4.69) is 10.3 Å². The highest BCUT2D eigenvalue weighted by molar-refractivity contribution is 7.22. The van der Waals surface area contributed by atoms with Gasteiger partial charge >= 0.3 is 0 Å². The lowest BCUT2D eigenvalue weighted by molar-refractivity contribution is 0.261. The van der Waals surface area contributed by atoms with Crippen LogP contribution in [0.3, 0.4) is 0 Å². The van der Waals surface area contributed by atoms with Crippen LogP contribution in [0.25, 0.3) is 10.2 Å². The first-order valence-corrected chi connectivity index (χ1v) is 6.37. The SMILES string of the molecule is CC(C)(CCO)Nc1nc2ccc(N)cc2s1. The van der Waals surface area contributed by atoms with Crippen LogP contribution in [0.5, 0.6) is 0 Å². The third-order valence-electron chi connectivity index (χ3n) is 2.59. The maximum absolute atomic E-state index is 8.98. The molecule has 0 amide bonds. The summed E-state index contributed by atoms with van der Waals surface area (Å²) in [6.07, 6.45) is 0.686. The summed E-state index contributed by atoms with van der Waals surface area (Å²) in [5.74, 6) is 0. The van der Waals surface area contributed by atoms with Gasteiger partial charge in [-0.1, -0.05) is 11.3 Å². The number of aromatic nitrogens is 1. The second-order valence-electron chi connectivity index (χ2n) is 4.73. The van der Waals surface area contributed by atoms with Gasteiger partial charge in [0.05, 0.1) is 10.2 Å². The second-order valence-corrected chi connectivity index (χ2v) is 5.76. The van der Waals surface area contributed by atoms with E-state index in [1.54, 1.807) is 11.3 Å². The van der Waals surface area contributed by atoms with E-state index >= 15 is 0 Å². The molecule has 0 aliphatic rings. The summed E-state index contributed by atoms with van der Waals surface area (Å²) >= 11 is 1.58. The fourth-order valence-corrected chi connectivity index (χ4v) is 2.72. The zero-order chi connectivity index (χ0) is 12.5. The smallest absolute Gasteiger partial charge is 0.184 e. The quantitative estimate of drug-likeness (QED) is 0.730. The van der Waals surface area contributed by atoms with E-state index in [1.807, 2.05) is 32.0 Å².